The van der Waals surface area contributed by atoms with Crippen LogP contribution in [-0.4, -0.2) is 17.7 Å². The zero-order valence-corrected chi connectivity index (χ0v) is 13.7. The van der Waals surface area contributed by atoms with Gasteiger partial charge in [0, 0.05) is 11.5 Å². The van der Waals surface area contributed by atoms with E-state index >= 15 is 0 Å². The van der Waals surface area contributed by atoms with Gasteiger partial charge < -0.3 is 5.73 Å². The molecular weight excluding hydrogens is 303 g/mol. The Kier molecular flexibility index (Phi) is 3.37. The first-order valence-corrected chi connectivity index (χ1v) is 8.06. The lowest BCUT2D eigenvalue weighted by Gasteiger charge is -2.35. The Morgan fingerprint density at radius 1 is 1.17 bits per heavy atom. The van der Waals surface area contributed by atoms with Crippen molar-refractivity contribution in [2.45, 2.75) is 32.2 Å². The van der Waals surface area contributed by atoms with Gasteiger partial charge in [-0.25, -0.2) is 14.8 Å². The normalized spacial score (nSPS) is 22.0. The summed E-state index contributed by atoms with van der Waals surface area (Å²) in [6, 6.07) is 11.0. The number of hydrogen-bond donors (Lipinski definition) is 2. The Morgan fingerprint density at radius 3 is 2.83 bits per heavy atom. The molecule has 0 radical (unpaired) electrons. The van der Waals surface area contributed by atoms with E-state index in [1.54, 1.807) is 6.07 Å². The molecule has 122 valence electrons. The number of aliphatic imine (C=N–C) groups is 1. The highest BCUT2D eigenvalue weighted by atomic mass is 19.1. The minimum atomic E-state index is -0.227. The van der Waals surface area contributed by atoms with Crippen molar-refractivity contribution in [3.8, 4) is 0 Å². The molecule has 2 atom stereocenters. The van der Waals surface area contributed by atoms with Crippen LogP contribution in [0.4, 0.5) is 4.39 Å². The fraction of sp³-hybridized carbons (Fsp3) is 0.263. The summed E-state index contributed by atoms with van der Waals surface area (Å²) >= 11 is 0. The number of nitrogens with two attached hydrogens (primary N) is 1. The van der Waals surface area contributed by atoms with Crippen LogP contribution in [0, 0.1) is 19.7 Å². The maximum Gasteiger partial charge on any atom is 0.210 e. The molecule has 1 aliphatic carbocycles. The molecule has 0 aromatic heterocycles. The fourth-order valence-electron chi connectivity index (χ4n) is 3.81. The molecule has 24 heavy (non-hydrogen) atoms. The smallest absolute Gasteiger partial charge is 0.210 e. The zero-order valence-electron chi connectivity index (χ0n) is 13.7. The molecule has 3 N–H and O–H groups in total. The van der Waals surface area contributed by atoms with Gasteiger partial charge in [-0.1, -0.05) is 24.3 Å². The molecule has 0 amide bonds. The van der Waals surface area contributed by atoms with Crippen molar-refractivity contribution in [2.75, 3.05) is 0 Å². The van der Waals surface area contributed by atoms with Gasteiger partial charge in [0.15, 0.2) is 0 Å². The van der Waals surface area contributed by atoms with Gasteiger partial charge in [-0.15, -0.1) is 0 Å². The topological polar surface area (TPSA) is 62.8 Å². The van der Waals surface area contributed by atoms with Crippen LogP contribution in [0.2, 0.25) is 0 Å². The molecular formula is C19H19FN4. The van der Waals surface area contributed by atoms with E-state index in [1.165, 1.54) is 17.2 Å². The number of nitrogens with one attached hydrogen (secondary N) is 1. The van der Waals surface area contributed by atoms with E-state index in [4.69, 9.17) is 5.73 Å². The summed E-state index contributed by atoms with van der Waals surface area (Å²) in [6.45, 7) is 4.08. The zero-order chi connectivity index (χ0) is 16.8. The largest absolute Gasteiger partial charge is 0.369 e. The third-order valence-electron chi connectivity index (χ3n) is 4.93. The number of hydrazone groups is 1. The van der Waals surface area contributed by atoms with Gasteiger partial charge in [-0.05, 0) is 54.7 Å². The summed E-state index contributed by atoms with van der Waals surface area (Å²) in [7, 11) is 0. The van der Waals surface area contributed by atoms with Gasteiger partial charge in [0.1, 0.15) is 11.9 Å². The van der Waals surface area contributed by atoms with E-state index in [2.05, 4.69) is 40.6 Å². The number of rotatable bonds is 1. The molecule has 4 rings (SSSR count). The minimum Gasteiger partial charge on any atom is -0.369 e. The molecule has 2 aromatic rings. The molecule has 0 saturated carbocycles. The molecule has 5 heteroatoms. The predicted octanol–water partition coefficient (Wildman–Crippen LogP) is 2.77. The van der Waals surface area contributed by atoms with E-state index in [0.29, 0.717) is 5.96 Å². The minimum absolute atomic E-state index is 0.0226. The predicted molar refractivity (Wildman–Crippen MR) is 93.8 cm³/mol. The molecule has 0 spiro atoms. The van der Waals surface area contributed by atoms with Gasteiger partial charge >= 0.3 is 0 Å². The van der Waals surface area contributed by atoms with Gasteiger partial charge in [-0.3, -0.25) is 0 Å². The lowest BCUT2D eigenvalue weighted by atomic mass is 9.73. The van der Waals surface area contributed by atoms with Crippen LogP contribution in [0.3, 0.4) is 0 Å². The quantitative estimate of drug-likeness (QED) is 0.848. The van der Waals surface area contributed by atoms with Crippen LogP contribution >= 0.6 is 0 Å². The van der Waals surface area contributed by atoms with Crippen molar-refractivity contribution in [3.63, 3.8) is 0 Å². The van der Waals surface area contributed by atoms with Gasteiger partial charge in [0.25, 0.3) is 0 Å². The Bertz CT molecular complexity index is 885. The highest BCUT2D eigenvalue weighted by molar-refractivity contribution is 6.10. The van der Waals surface area contributed by atoms with Crippen LogP contribution < -0.4 is 11.2 Å². The number of aryl methyl sites for hydroxylation is 2. The molecule has 0 saturated heterocycles. The highest BCUT2D eigenvalue weighted by Crippen LogP contribution is 2.38. The molecule has 2 unspecified atom stereocenters. The second-order valence-electron chi connectivity index (χ2n) is 6.49. The lowest BCUT2D eigenvalue weighted by Crippen LogP contribution is -2.44. The number of fused-ring (bicyclic) bond motifs is 3. The van der Waals surface area contributed by atoms with Crippen LogP contribution in [-0.2, 0) is 6.42 Å². The van der Waals surface area contributed by atoms with Gasteiger partial charge in [0.2, 0.25) is 5.96 Å². The first-order chi connectivity index (χ1) is 11.5. The van der Waals surface area contributed by atoms with Crippen LogP contribution in [0.25, 0.3) is 0 Å². The monoisotopic (exact) mass is 322 g/mol. The second kappa shape index (κ2) is 5.44. The van der Waals surface area contributed by atoms with Gasteiger partial charge in [-0.2, -0.15) is 5.10 Å². The molecule has 0 bridgehead atoms. The second-order valence-corrected chi connectivity index (χ2v) is 6.49. The third-order valence-corrected chi connectivity index (χ3v) is 4.93. The van der Waals surface area contributed by atoms with E-state index in [9.17, 15) is 4.39 Å². The van der Waals surface area contributed by atoms with Crippen LogP contribution in [0.15, 0.2) is 46.5 Å². The van der Waals surface area contributed by atoms with Crippen molar-refractivity contribution in [1.82, 2.24) is 5.43 Å². The van der Waals surface area contributed by atoms with Crippen LogP contribution in [0.5, 0.6) is 0 Å². The van der Waals surface area contributed by atoms with Crippen molar-refractivity contribution < 1.29 is 4.39 Å². The molecule has 0 fully saturated rings. The van der Waals surface area contributed by atoms with Crippen molar-refractivity contribution in [3.05, 3.63) is 70.0 Å². The van der Waals surface area contributed by atoms with E-state index < -0.39 is 0 Å². The number of halogens is 1. The average Bonchev–Trinajstić information content (AvgIpc) is 2.56. The number of nitrogens with zero attached hydrogens (tertiary/aromatic N) is 2. The van der Waals surface area contributed by atoms with Crippen molar-refractivity contribution in [1.29, 1.82) is 0 Å². The molecule has 1 aliphatic heterocycles. The lowest BCUT2D eigenvalue weighted by molar-refractivity contribution is 0.583. The van der Waals surface area contributed by atoms with Gasteiger partial charge in [0.05, 0.1) is 5.71 Å². The summed E-state index contributed by atoms with van der Waals surface area (Å²) < 4.78 is 13.9. The molecule has 2 aromatic carbocycles. The highest BCUT2D eigenvalue weighted by Gasteiger charge is 2.38. The maximum absolute atomic E-state index is 13.9. The summed E-state index contributed by atoms with van der Waals surface area (Å²) in [5.74, 6) is 0.101. The molecule has 2 aliphatic rings. The van der Waals surface area contributed by atoms with E-state index in [0.717, 1.165) is 28.8 Å². The first kappa shape index (κ1) is 14.9. The Morgan fingerprint density at radius 2 is 2.00 bits per heavy atom. The summed E-state index contributed by atoms with van der Waals surface area (Å²) in [5.41, 5.74) is 15.1. The summed E-state index contributed by atoms with van der Waals surface area (Å²) in [6.07, 6.45) is 0.793. The SMILES string of the molecule is Cc1ccc(F)cc1C1Cc2cccc(C)c2C2=NNC(N)=NC21. The standard InChI is InChI=1S/C19H19FN4/c1-10-6-7-13(20)9-14(10)15-8-12-5-3-4-11(2)16(12)18-17(15)22-19(21)24-23-18/h3-7,9,15,17H,8H2,1-2H3,(H3,21,22,24). The Hall–Kier alpha value is -2.69. The van der Waals surface area contributed by atoms with Crippen molar-refractivity contribution in [2.24, 2.45) is 15.8 Å². The summed E-state index contributed by atoms with van der Waals surface area (Å²) in [4.78, 5) is 4.60. The average molecular weight is 322 g/mol. The summed E-state index contributed by atoms with van der Waals surface area (Å²) in [5, 5.41) is 4.48. The molecule has 1 heterocycles. The maximum atomic E-state index is 13.9. The number of hydrogen-bond acceptors (Lipinski definition) is 4. The Balaban J connectivity index is 1.91. The molecule has 4 nitrogen and oxygen atoms in total. The third kappa shape index (κ3) is 2.28. The Labute approximate surface area is 140 Å². The van der Waals surface area contributed by atoms with Crippen molar-refractivity contribution >= 4 is 11.7 Å². The van der Waals surface area contributed by atoms with E-state index in [1.807, 2.05) is 13.0 Å². The van der Waals surface area contributed by atoms with E-state index in [-0.39, 0.29) is 17.8 Å². The first-order valence-electron chi connectivity index (χ1n) is 8.06. The number of benzene rings is 2. The van der Waals surface area contributed by atoms with Crippen LogP contribution in [0.1, 0.15) is 33.7 Å². The fourth-order valence-corrected chi connectivity index (χ4v) is 3.81. The number of guanidine groups is 1.